The van der Waals surface area contributed by atoms with Gasteiger partial charge in [-0.25, -0.2) is 0 Å². The van der Waals surface area contributed by atoms with Gasteiger partial charge in [0.25, 0.3) is 0 Å². The Labute approximate surface area is 156 Å². The fraction of sp³-hybridized carbons (Fsp3) is 0.444. The van der Waals surface area contributed by atoms with Gasteiger partial charge in [0.2, 0.25) is 5.91 Å². The van der Waals surface area contributed by atoms with Crippen molar-refractivity contribution in [1.29, 1.82) is 0 Å². The van der Waals surface area contributed by atoms with E-state index in [-0.39, 0.29) is 12.5 Å². The number of rotatable bonds is 5. The first-order chi connectivity index (χ1) is 12.7. The van der Waals surface area contributed by atoms with Crippen molar-refractivity contribution < 1.29 is 4.79 Å². The molecule has 1 saturated heterocycles. The van der Waals surface area contributed by atoms with Crippen LogP contribution in [0.4, 0.5) is 0 Å². The van der Waals surface area contributed by atoms with Crippen molar-refractivity contribution in [3.05, 3.63) is 41.7 Å². The molecular weight excluding hydrogens is 348 g/mol. The third kappa shape index (κ3) is 3.61. The SMILES string of the molecule is CN(Cc1ccc2nsnc2c1)C(=O)Cn1nccc1C1CCCNC1. The Morgan fingerprint density at radius 1 is 1.35 bits per heavy atom. The Balaban J connectivity index is 1.42. The van der Waals surface area contributed by atoms with E-state index in [1.807, 2.05) is 36.0 Å². The van der Waals surface area contributed by atoms with Crippen molar-refractivity contribution in [3.8, 4) is 0 Å². The standard InChI is InChI=1S/C18H22N6OS/c1-23(11-13-4-5-15-16(9-13)22-26-21-15)18(25)12-24-17(6-8-20-24)14-3-2-7-19-10-14/h4-6,8-9,14,19H,2-3,7,10-12H2,1H3. The molecule has 26 heavy (non-hydrogen) atoms. The summed E-state index contributed by atoms with van der Waals surface area (Å²) in [6.45, 7) is 2.85. The summed E-state index contributed by atoms with van der Waals surface area (Å²) >= 11 is 1.21. The van der Waals surface area contributed by atoms with E-state index < -0.39 is 0 Å². The molecule has 4 rings (SSSR count). The molecule has 1 aliphatic rings. The Morgan fingerprint density at radius 2 is 2.23 bits per heavy atom. The van der Waals surface area contributed by atoms with Gasteiger partial charge in [-0.1, -0.05) is 6.07 Å². The molecule has 1 amide bonds. The van der Waals surface area contributed by atoms with Crippen molar-refractivity contribution in [2.75, 3.05) is 20.1 Å². The first kappa shape index (κ1) is 17.1. The second kappa shape index (κ2) is 7.51. The van der Waals surface area contributed by atoms with Gasteiger partial charge in [-0.2, -0.15) is 13.8 Å². The zero-order chi connectivity index (χ0) is 17.9. The molecule has 7 nitrogen and oxygen atoms in total. The highest BCUT2D eigenvalue weighted by molar-refractivity contribution is 7.00. The molecule has 136 valence electrons. The molecule has 1 fully saturated rings. The van der Waals surface area contributed by atoms with Crippen LogP contribution in [0.5, 0.6) is 0 Å². The lowest BCUT2D eigenvalue weighted by Gasteiger charge is -2.24. The number of likely N-dealkylation sites (N-methyl/N-ethyl adjacent to an activating group) is 1. The van der Waals surface area contributed by atoms with Crippen LogP contribution >= 0.6 is 11.7 Å². The van der Waals surface area contributed by atoms with E-state index >= 15 is 0 Å². The van der Waals surface area contributed by atoms with Crippen LogP contribution < -0.4 is 5.32 Å². The molecule has 0 saturated carbocycles. The summed E-state index contributed by atoms with van der Waals surface area (Å²) in [7, 11) is 1.83. The summed E-state index contributed by atoms with van der Waals surface area (Å²) in [5.74, 6) is 0.485. The fourth-order valence-electron chi connectivity index (χ4n) is 3.46. The maximum atomic E-state index is 12.7. The lowest BCUT2D eigenvalue weighted by atomic mass is 9.96. The number of piperidine rings is 1. The average molecular weight is 370 g/mol. The highest BCUT2D eigenvalue weighted by Crippen LogP contribution is 2.23. The quantitative estimate of drug-likeness (QED) is 0.744. The largest absolute Gasteiger partial charge is 0.340 e. The Hall–Kier alpha value is -2.32. The number of nitrogens with zero attached hydrogens (tertiary/aromatic N) is 5. The molecule has 2 aromatic heterocycles. The van der Waals surface area contributed by atoms with Crippen molar-refractivity contribution >= 4 is 28.7 Å². The second-order valence-corrected chi connectivity index (χ2v) is 7.32. The molecule has 0 spiro atoms. The first-order valence-electron chi connectivity index (χ1n) is 8.88. The minimum Gasteiger partial charge on any atom is -0.340 e. The van der Waals surface area contributed by atoms with Gasteiger partial charge in [0.05, 0.1) is 11.7 Å². The average Bonchev–Trinajstić information content (AvgIpc) is 3.31. The van der Waals surface area contributed by atoms with Crippen LogP contribution in [0.15, 0.2) is 30.5 Å². The summed E-state index contributed by atoms with van der Waals surface area (Å²) in [6.07, 6.45) is 4.10. The number of carbonyl (C=O) groups excluding carboxylic acids is 1. The highest BCUT2D eigenvalue weighted by Gasteiger charge is 2.21. The predicted octanol–water partition coefficient (Wildman–Crippen LogP) is 2.01. The molecule has 3 heterocycles. The van der Waals surface area contributed by atoms with Gasteiger partial charge in [0, 0.05) is 37.9 Å². The lowest BCUT2D eigenvalue weighted by molar-refractivity contribution is -0.131. The molecule has 0 aliphatic carbocycles. The number of amides is 1. The van der Waals surface area contributed by atoms with Crippen molar-refractivity contribution in [2.45, 2.75) is 31.8 Å². The molecule has 8 heteroatoms. The zero-order valence-electron chi connectivity index (χ0n) is 14.8. The molecule has 0 bridgehead atoms. The molecule has 1 aromatic carbocycles. The summed E-state index contributed by atoms with van der Waals surface area (Å²) in [4.78, 5) is 14.4. The molecular formula is C18H22N6OS. The highest BCUT2D eigenvalue weighted by atomic mass is 32.1. The van der Waals surface area contributed by atoms with Crippen LogP contribution in [0.3, 0.4) is 0 Å². The van der Waals surface area contributed by atoms with Gasteiger partial charge in [0.15, 0.2) is 0 Å². The summed E-state index contributed by atoms with van der Waals surface area (Å²) in [5.41, 5.74) is 3.98. The third-order valence-corrected chi connectivity index (χ3v) is 5.47. The molecule has 0 radical (unpaired) electrons. The Kier molecular flexibility index (Phi) is 4.94. The third-order valence-electron chi connectivity index (χ3n) is 4.91. The van der Waals surface area contributed by atoms with Crippen LogP contribution in [-0.2, 0) is 17.9 Å². The minimum absolute atomic E-state index is 0.0511. The summed E-state index contributed by atoms with van der Waals surface area (Å²) in [6, 6.07) is 7.98. The fourth-order valence-corrected chi connectivity index (χ4v) is 3.98. The van der Waals surface area contributed by atoms with Gasteiger partial charge in [0.1, 0.15) is 17.6 Å². The number of fused-ring (bicyclic) bond motifs is 1. The number of hydrogen-bond acceptors (Lipinski definition) is 6. The maximum Gasteiger partial charge on any atom is 0.244 e. The molecule has 3 aromatic rings. The summed E-state index contributed by atoms with van der Waals surface area (Å²) < 4.78 is 10.3. The topological polar surface area (TPSA) is 75.9 Å². The van der Waals surface area contributed by atoms with Crippen molar-refractivity contribution in [1.82, 2.24) is 28.7 Å². The number of aromatic nitrogens is 4. The normalized spacial score (nSPS) is 17.5. The van der Waals surface area contributed by atoms with Gasteiger partial charge in [-0.15, -0.1) is 0 Å². The van der Waals surface area contributed by atoms with Crippen LogP contribution in [0, 0.1) is 0 Å². The van der Waals surface area contributed by atoms with Crippen molar-refractivity contribution in [2.24, 2.45) is 0 Å². The van der Waals surface area contributed by atoms with E-state index in [0.717, 1.165) is 48.2 Å². The molecule has 1 unspecified atom stereocenters. The first-order valence-corrected chi connectivity index (χ1v) is 9.61. The van der Waals surface area contributed by atoms with Crippen LogP contribution in [0.2, 0.25) is 0 Å². The van der Waals surface area contributed by atoms with E-state index in [0.29, 0.717) is 12.5 Å². The smallest absolute Gasteiger partial charge is 0.244 e. The van der Waals surface area contributed by atoms with Gasteiger partial charge in [-0.3, -0.25) is 9.48 Å². The number of nitrogens with one attached hydrogen (secondary N) is 1. The number of carbonyl (C=O) groups is 1. The number of benzene rings is 1. The Morgan fingerprint density at radius 3 is 3.08 bits per heavy atom. The van der Waals surface area contributed by atoms with E-state index in [4.69, 9.17) is 0 Å². The van der Waals surface area contributed by atoms with Crippen LogP contribution in [0.1, 0.15) is 30.0 Å². The number of hydrogen-bond donors (Lipinski definition) is 1. The van der Waals surface area contributed by atoms with E-state index in [2.05, 4.69) is 19.2 Å². The van der Waals surface area contributed by atoms with Crippen LogP contribution in [0.25, 0.3) is 11.0 Å². The second-order valence-electron chi connectivity index (χ2n) is 6.79. The molecule has 1 N–H and O–H groups in total. The lowest BCUT2D eigenvalue weighted by Crippen LogP contribution is -2.33. The Bertz CT molecular complexity index is 898. The summed E-state index contributed by atoms with van der Waals surface area (Å²) in [5, 5.41) is 7.80. The van der Waals surface area contributed by atoms with Gasteiger partial charge >= 0.3 is 0 Å². The zero-order valence-corrected chi connectivity index (χ0v) is 15.6. The predicted molar refractivity (Wildman–Crippen MR) is 101 cm³/mol. The van der Waals surface area contributed by atoms with E-state index in [1.165, 1.54) is 11.7 Å². The molecule has 1 aliphatic heterocycles. The molecule has 1 atom stereocenters. The minimum atomic E-state index is 0.0511. The monoisotopic (exact) mass is 370 g/mol. The van der Waals surface area contributed by atoms with E-state index in [9.17, 15) is 4.79 Å². The maximum absolute atomic E-state index is 12.7. The van der Waals surface area contributed by atoms with E-state index in [1.54, 1.807) is 11.1 Å². The van der Waals surface area contributed by atoms with Gasteiger partial charge < -0.3 is 10.2 Å². The van der Waals surface area contributed by atoms with Gasteiger partial charge in [-0.05, 0) is 43.1 Å². The van der Waals surface area contributed by atoms with Crippen molar-refractivity contribution in [3.63, 3.8) is 0 Å². The van der Waals surface area contributed by atoms with Crippen LogP contribution in [-0.4, -0.2) is 49.5 Å².